The fraction of sp³-hybridized carbons (Fsp3) is 0.0189. The number of hydrogen-bond acceptors (Lipinski definition) is 0. The molecule has 0 unspecified atom stereocenters. The molecular formula is C53H36. The lowest BCUT2D eigenvalue weighted by molar-refractivity contribution is 1.47. The Morgan fingerprint density at radius 2 is 0.566 bits per heavy atom. The van der Waals surface area contributed by atoms with E-state index in [2.05, 4.69) is 207 Å². The third kappa shape index (κ3) is 5.14. The van der Waals surface area contributed by atoms with Crippen molar-refractivity contribution >= 4 is 43.1 Å². The summed E-state index contributed by atoms with van der Waals surface area (Å²) in [6, 6.07) is 73.5. The molecule has 0 heteroatoms. The summed E-state index contributed by atoms with van der Waals surface area (Å²) in [7, 11) is 0. The summed E-state index contributed by atoms with van der Waals surface area (Å²) in [5, 5.41) is 10.1. The minimum absolute atomic E-state index is 1.21. The van der Waals surface area contributed by atoms with E-state index in [0.717, 1.165) is 0 Å². The van der Waals surface area contributed by atoms with Gasteiger partial charge < -0.3 is 0 Å². The van der Waals surface area contributed by atoms with Crippen LogP contribution in [0.15, 0.2) is 200 Å². The summed E-state index contributed by atoms with van der Waals surface area (Å²) in [6.45, 7) is 2.22. The van der Waals surface area contributed by atoms with Crippen molar-refractivity contribution in [3.05, 3.63) is 206 Å². The maximum absolute atomic E-state index is 2.39. The molecule has 0 atom stereocenters. The van der Waals surface area contributed by atoms with Gasteiger partial charge in [-0.25, -0.2) is 0 Å². The third-order valence-electron chi connectivity index (χ3n) is 11.0. The van der Waals surface area contributed by atoms with E-state index < -0.39 is 0 Å². The highest BCUT2D eigenvalue weighted by molar-refractivity contribution is 6.23. The smallest absolute Gasteiger partial charge is 0.00237 e. The Hall–Kier alpha value is -6.76. The second-order valence-corrected chi connectivity index (χ2v) is 14.0. The SMILES string of the molecule is Cc1ccccc1-c1c2ccccc2c(-c2ccc(-c3c4ccccc4c(-c4ccccc4)c4cc(-c5ccccc5)ccc34)cc2)c2ccccc12. The molecule has 0 saturated carbocycles. The van der Waals surface area contributed by atoms with Crippen LogP contribution in [0.3, 0.4) is 0 Å². The molecule has 0 aromatic heterocycles. The maximum Gasteiger partial charge on any atom is -0.00237 e. The van der Waals surface area contributed by atoms with Crippen molar-refractivity contribution in [2.24, 2.45) is 0 Å². The van der Waals surface area contributed by atoms with Crippen LogP contribution in [0.1, 0.15) is 5.56 Å². The van der Waals surface area contributed by atoms with Crippen molar-refractivity contribution in [1.29, 1.82) is 0 Å². The van der Waals surface area contributed by atoms with Crippen LogP contribution in [-0.4, -0.2) is 0 Å². The van der Waals surface area contributed by atoms with Crippen molar-refractivity contribution in [3.63, 3.8) is 0 Å². The number of rotatable bonds is 5. The number of hydrogen-bond donors (Lipinski definition) is 0. The van der Waals surface area contributed by atoms with E-state index in [1.165, 1.54) is 104 Å². The number of fused-ring (bicyclic) bond motifs is 4. The van der Waals surface area contributed by atoms with Crippen LogP contribution in [0.4, 0.5) is 0 Å². The predicted molar refractivity (Wildman–Crippen MR) is 228 cm³/mol. The monoisotopic (exact) mass is 672 g/mol. The molecule has 53 heavy (non-hydrogen) atoms. The molecule has 248 valence electrons. The Balaban J connectivity index is 1.21. The lowest BCUT2D eigenvalue weighted by Crippen LogP contribution is -1.93. The molecular weight excluding hydrogens is 637 g/mol. The third-order valence-corrected chi connectivity index (χ3v) is 11.0. The summed E-state index contributed by atoms with van der Waals surface area (Å²) in [6.07, 6.45) is 0. The summed E-state index contributed by atoms with van der Waals surface area (Å²) < 4.78 is 0. The van der Waals surface area contributed by atoms with Crippen LogP contribution in [0.5, 0.6) is 0 Å². The average Bonchev–Trinajstić information content (AvgIpc) is 3.23. The van der Waals surface area contributed by atoms with Crippen LogP contribution < -0.4 is 0 Å². The van der Waals surface area contributed by atoms with E-state index in [0.29, 0.717) is 0 Å². The van der Waals surface area contributed by atoms with Gasteiger partial charge in [0.25, 0.3) is 0 Å². The Morgan fingerprint density at radius 1 is 0.226 bits per heavy atom. The lowest BCUT2D eigenvalue weighted by Gasteiger charge is -2.20. The summed E-state index contributed by atoms with van der Waals surface area (Å²) >= 11 is 0. The Bertz CT molecular complexity index is 2910. The standard InChI is InChI=1S/C53H36/c1-35-16-8-9-21-41(35)53-46-26-14-12-24-44(46)50(45-25-13-15-27-47(45)53)38-28-30-39(31-29-38)51-42-22-10-11-23-43(42)52(37-19-6-3-7-20-37)49-34-40(32-33-48(49)51)36-17-4-2-5-18-36/h2-34H,1H3. The molecule has 0 fully saturated rings. The molecule has 0 bridgehead atoms. The molecule has 0 aliphatic heterocycles. The van der Waals surface area contributed by atoms with Gasteiger partial charge in [0.2, 0.25) is 0 Å². The van der Waals surface area contributed by atoms with E-state index in [4.69, 9.17) is 0 Å². The Morgan fingerprint density at radius 3 is 1.06 bits per heavy atom. The minimum Gasteiger partial charge on any atom is -0.0622 e. The fourth-order valence-corrected chi connectivity index (χ4v) is 8.60. The van der Waals surface area contributed by atoms with Gasteiger partial charge in [-0.1, -0.05) is 194 Å². The van der Waals surface area contributed by atoms with Gasteiger partial charge >= 0.3 is 0 Å². The molecule has 0 aliphatic carbocycles. The minimum atomic E-state index is 1.21. The van der Waals surface area contributed by atoms with Gasteiger partial charge in [0.15, 0.2) is 0 Å². The van der Waals surface area contributed by atoms with Crippen molar-refractivity contribution in [2.45, 2.75) is 6.92 Å². The highest BCUT2D eigenvalue weighted by atomic mass is 14.2. The zero-order chi connectivity index (χ0) is 35.3. The predicted octanol–water partition coefficient (Wildman–Crippen LogP) is 14.9. The zero-order valence-electron chi connectivity index (χ0n) is 29.6. The topological polar surface area (TPSA) is 0 Å². The van der Waals surface area contributed by atoms with Crippen LogP contribution >= 0.6 is 0 Å². The van der Waals surface area contributed by atoms with Gasteiger partial charge in [0.1, 0.15) is 0 Å². The van der Waals surface area contributed by atoms with Gasteiger partial charge in [0.05, 0.1) is 0 Å². The zero-order valence-corrected chi connectivity index (χ0v) is 29.6. The lowest BCUT2D eigenvalue weighted by atomic mass is 9.83. The van der Waals surface area contributed by atoms with E-state index >= 15 is 0 Å². The summed E-state index contributed by atoms with van der Waals surface area (Å²) in [5.74, 6) is 0. The normalized spacial score (nSPS) is 11.5. The van der Waals surface area contributed by atoms with Gasteiger partial charge in [0, 0.05) is 0 Å². The van der Waals surface area contributed by atoms with Gasteiger partial charge in [-0.2, -0.15) is 0 Å². The van der Waals surface area contributed by atoms with Crippen molar-refractivity contribution in [1.82, 2.24) is 0 Å². The highest BCUT2D eigenvalue weighted by Gasteiger charge is 2.20. The molecule has 10 aromatic rings. The highest BCUT2D eigenvalue weighted by Crippen LogP contribution is 2.47. The summed E-state index contributed by atoms with van der Waals surface area (Å²) in [5.41, 5.74) is 13.8. The van der Waals surface area contributed by atoms with Gasteiger partial charge in [-0.15, -0.1) is 0 Å². The number of benzene rings is 10. The number of aryl methyl sites for hydroxylation is 1. The molecule has 0 saturated heterocycles. The first-order chi connectivity index (χ1) is 26.2. The van der Waals surface area contributed by atoms with Gasteiger partial charge in [-0.05, 0) is 117 Å². The van der Waals surface area contributed by atoms with Crippen molar-refractivity contribution in [3.8, 4) is 55.6 Å². The molecule has 0 nitrogen and oxygen atoms in total. The molecule has 10 rings (SSSR count). The second kappa shape index (κ2) is 12.8. The van der Waals surface area contributed by atoms with Crippen LogP contribution in [0.2, 0.25) is 0 Å². The van der Waals surface area contributed by atoms with Crippen LogP contribution in [-0.2, 0) is 0 Å². The second-order valence-electron chi connectivity index (χ2n) is 14.0. The fourth-order valence-electron chi connectivity index (χ4n) is 8.60. The van der Waals surface area contributed by atoms with Crippen LogP contribution in [0, 0.1) is 6.92 Å². The molecule has 0 aliphatic rings. The van der Waals surface area contributed by atoms with E-state index in [9.17, 15) is 0 Å². The van der Waals surface area contributed by atoms with Crippen molar-refractivity contribution < 1.29 is 0 Å². The molecule has 0 amide bonds. The van der Waals surface area contributed by atoms with Crippen LogP contribution in [0.25, 0.3) is 98.7 Å². The molecule has 0 spiro atoms. The largest absolute Gasteiger partial charge is 0.0622 e. The summed E-state index contributed by atoms with van der Waals surface area (Å²) in [4.78, 5) is 0. The van der Waals surface area contributed by atoms with E-state index in [1.807, 2.05) is 0 Å². The maximum atomic E-state index is 2.39. The molecule has 0 radical (unpaired) electrons. The van der Waals surface area contributed by atoms with E-state index in [-0.39, 0.29) is 0 Å². The van der Waals surface area contributed by atoms with Crippen molar-refractivity contribution in [2.75, 3.05) is 0 Å². The average molecular weight is 673 g/mol. The van der Waals surface area contributed by atoms with Gasteiger partial charge in [-0.3, -0.25) is 0 Å². The first-order valence-electron chi connectivity index (χ1n) is 18.4. The Kier molecular flexibility index (Phi) is 7.48. The first-order valence-corrected chi connectivity index (χ1v) is 18.4. The molecule has 0 heterocycles. The van der Waals surface area contributed by atoms with E-state index in [1.54, 1.807) is 0 Å². The quantitative estimate of drug-likeness (QED) is 0.160. The first kappa shape index (κ1) is 31.0. The Labute approximate surface area is 310 Å². The molecule has 0 N–H and O–H groups in total. The molecule has 10 aromatic carbocycles.